The van der Waals surface area contributed by atoms with Gasteiger partial charge in [-0.1, -0.05) is 18.7 Å². The van der Waals surface area contributed by atoms with Crippen molar-refractivity contribution < 1.29 is 4.92 Å². The summed E-state index contributed by atoms with van der Waals surface area (Å²) in [7, 11) is 0. The fraction of sp³-hybridized carbons (Fsp3) is 0.154. The molecule has 5 nitrogen and oxygen atoms in total. The quantitative estimate of drug-likeness (QED) is 0.455. The van der Waals surface area contributed by atoms with E-state index >= 15 is 0 Å². The monoisotopic (exact) mass is 245 g/mol. The second-order valence-corrected chi connectivity index (χ2v) is 3.58. The molecule has 1 aromatic rings. The Labute approximate surface area is 106 Å². The van der Waals surface area contributed by atoms with Crippen molar-refractivity contribution >= 4 is 11.8 Å². The van der Waals surface area contributed by atoms with Gasteiger partial charge in [0.05, 0.1) is 16.8 Å². The van der Waals surface area contributed by atoms with E-state index in [1.807, 2.05) is 25.3 Å². The van der Waals surface area contributed by atoms with E-state index in [0.29, 0.717) is 5.70 Å². The van der Waals surface area contributed by atoms with E-state index in [4.69, 9.17) is 0 Å². The second-order valence-electron chi connectivity index (χ2n) is 3.58. The van der Waals surface area contributed by atoms with Crippen LogP contribution in [0.25, 0.3) is 11.8 Å². The van der Waals surface area contributed by atoms with Crippen LogP contribution in [-0.4, -0.2) is 14.7 Å². The van der Waals surface area contributed by atoms with Crippen LogP contribution in [-0.2, 0) is 0 Å². The van der Waals surface area contributed by atoms with Gasteiger partial charge in [-0.2, -0.15) is 5.10 Å². The van der Waals surface area contributed by atoms with Gasteiger partial charge in [-0.3, -0.25) is 10.1 Å². The Morgan fingerprint density at radius 1 is 1.56 bits per heavy atom. The molecule has 1 heterocycles. The summed E-state index contributed by atoms with van der Waals surface area (Å²) in [6.45, 7) is 7.03. The number of nitro groups is 1. The smallest absolute Gasteiger partial charge is 0.243 e. The van der Waals surface area contributed by atoms with E-state index < -0.39 is 4.92 Å². The van der Waals surface area contributed by atoms with Crippen molar-refractivity contribution in [2.24, 2.45) is 0 Å². The summed E-state index contributed by atoms with van der Waals surface area (Å²) in [6, 6.07) is 0. The maximum Gasteiger partial charge on any atom is 0.243 e. The van der Waals surface area contributed by atoms with Crippen LogP contribution < -0.4 is 0 Å². The summed E-state index contributed by atoms with van der Waals surface area (Å²) in [4.78, 5) is 10.0. The lowest BCUT2D eigenvalue weighted by Crippen LogP contribution is -1.96. The molecule has 5 heteroatoms. The summed E-state index contributed by atoms with van der Waals surface area (Å²) >= 11 is 0. The minimum atomic E-state index is -0.439. The highest BCUT2D eigenvalue weighted by molar-refractivity contribution is 5.59. The van der Waals surface area contributed by atoms with Crippen molar-refractivity contribution in [2.75, 3.05) is 0 Å². The van der Waals surface area contributed by atoms with E-state index in [1.165, 1.54) is 13.0 Å². The number of hydrogen-bond acceptors (Lipinski definition) is 3. The lowest BCUT2D eigenvalue weighted by molar-refractivity contribution is -0.424. The van der Waals surface area contributed by atoms with Gasteiger partial charge < -0.3 is 0 Å². The zero-order chi connectivity index (χ0) is 13.5. The van der Waals surface area contributed by atoms with Gasteiger partial charge in [-0.15, -0.1) is 0 Å². The Kier molecular flexibility index (Phi) is 4.80. The molecule has 94 valence electrons. The number of aromatic nitrogens is 2. The van der Waals surface area contributed by atoms with E-state index in [0.717, 1.165) is 5.56 Å². The zero-order valence-electron chi connectivity index (χ0n) is 10.4. The molecule has 0 spiro atoms. The van der Waals surface area contributed by atoms with E-state index in [-0.39, 0.29) is 5.70 Å². The molecule has 0 aromatic carbocycles. The number of rotatable bonds is 5. The molecule has 18 heavy (non-hydrogen) atoms. The lowest BCUT2D eigenvalue weighted by Gasteiger charge is -1.99. The zero-order valence-corrected chi connectivity index (χ0v) is 10.4. The van der Waals surface area contributed by atoms with Crippen LogP contribution >= 0.6 is 0 Å². The normalized spacial score (nSPS) is 13.0. The van der Waals surface area contributed by atoms with Gasteiger partial charge in [-0.25, -0.2) is 4.68 Å². The largest absolute Gasteiger partial charge is 0.259 e. The first-order valence-electron chi connectivity index (χ1n) is 5.41. The lowest BCUT2D eigenvalue weighted by atomic mass is 10.3. The van der Waals surface area contributed by atoms with Crippen LogP contribution in [0.15, 0.2) is 49.0 Å². The summed E-state index contributed by atoms with van der Waals surface area (Å²) in [5, 5.41) is 14.6. The topological polar surface area (TPSA) is 61.0 Å². The Morgan fingerprint density at radius 2 is 2.28 bits per heavy atom. The van der Waals surface area contributed by atoms with Crippen molar-refractivity contribution in [3.05, 3.63) is 64.7 Å². The standard InChI is InChI=1S/C13H15N3O2/c1-4-6-12-9-14-15(10-12)13(5-2)8-7-11(3)16(17)18/h4-10H,2H2,1,3H3/b6-4-,11-7+,13-8+. The molecule has 0 amide bonds. The predicted octanol–water partition coefficient (Wildman–Crippen LogP) is 3.12. The summed E-state index contributed by atoms with van der Waals surface area (Å²) in [5.41, 5.74) is 1.70. The predicted molar refractivity (Wildman–Crippen MR) is 72.2 cm³/mol. The van der Waals surface area contributed by atoms with Crippen LogP contribution in [0.2, 0.25) is 0 Å². The van der Waals surface area contributed by atoms with Crippen molar-refractivity contribution in [3.63, 3.8) is 0 Å². The molecule has 0 N–H and O–H groups in total. The first kappa shape index (κ1) is 13.6. The highest BCUT2D eigenvalue weighted by Gasteiger charge is 2.01. The third-order valence-corrected chi connectivity index (χ3v) is 2.22. The minimum absolute atomic E-state index is 0.0650. The van der Waals surface area contributed by atoms with Crippen LogP contribution in [0.4, 0.5) is 0 Å². The first-order chi connectivity index (χ1) is 8.58. The molecule has 1 rings (SSSR count). The molecule has 0 aliphatic carbocycles. The molecule has 0 radical (unpaired) electrons. The van der Waals surface area contributed by atoms with Gasteiger partial charge in [0.15, 0.2) is 0 Å². The average Bonchev–Trinajstić information content (AvgIpc) is 2.78. The van der Waals surface area contributed by atoms with Gasteiger partial charge in [0.2, 0.25) is 5.70 Å². The maximum absolute atomic E-state index is 10.5. The van der Waals surface area contributed by atoms with E-state index in [2.05, 4.69) is 11.7 Å². The molecule has 0 saturated heterocycles. The Bertz CT molecular complexity index is 536. The third kappa shape index (κ3) is 3.55. The van der Waals surface area contributed by atoms with Gasteiger partial charge in [0.1, 0.15) is 0 Å². The van der Waals surface area contributed by atoms with Gasteiger partial charge in [-0.05, 0) is 19.1 Å². The highest BCUT2D eigenvalue weighted by atomic mass is 16.6. The molecule has 0 aliphatic heterocycles. The van der Waals surface area contributed by atoms with Gasteiger partial charge in [0.25, 0.3) is 0 Å². The van der Waals surface area contributed by atoms with Crippen molar-refractivity contribution in [2.45, 2.75) is 13.8 Å². The van der Waals surface area contributed by atoms with Gasteiger partial charge >= 0.3 is 0 Å². The SMILES string of the molecule is C=C/C(=C\C=C(/C)[N+](=O)[O-])n1cc(/C=C\C)cn1. The maximum atomic E-state index is 10.5. The highest BCUT2D eigenvalue weighted by Crippen LogP contribution is 2.09. The van der Waals surface area contributed by atoms with E-state index in [1.54, 1.807) is 23.0 Å². The number of allylic oxidation sites excluding steroid dienone is 6. The molecule has 0 aliphatic rings. The van der Waals surface area contributed by atoms with Gasteiger partial charge in [0, 0.05) is 24.8 Å². The van der Waals surface area contributed by atoms with Crippen molar-refractivity contribution in [1.82, 2.24) is 9.78 Å². The Balaban J connectivity index is 3.02. The number of nitrogens with zero attached hydrogens (tertiary/aromatic N) is 3. The Hall–Kier alpha value is -2.43. The second kappa shape index (κ2) is 6.34. The number of hydrogen-bond donors (Lipinski definition) is 0. The molecular weight excluding hydrogens is 230 g/mol. The summed E-state index contributed by atoms with van der Waals surface area (Å²) in [5.74, 6) is 0. The molecule has 1 aromatic heterocycles. The Morgan fingerprint density at radius 3 is 2.83 bits per heavy atom. The summed E-state index contributed by atoms with van der Waals surface area (Å²) in [6.07, 6.45) is 12.0. The van der Waals surface area contributed by atoms with Crippen LogP contribution in [0.5, 0.6) is 0 Å². The molecule has 0 bridgehead atoms. The summed E-state index contributed by atoms with van der Waals surface area (Å²) < 4.78 is 1.62. The molecule has 0 fully saturated rings. The molecule has 0 atom stereocenters. The first-order valence-corrected chi connectivity index (χ1v) is 5.41. The fourth-order valence-corrected chi connectivity index (χ4v) is 1.26. The van der Waals surface area contributed by atoms with Crippen LogP contribution in [0.1, 0.15) is 19.4 Å². The minimum Gasteiger partial charge on any atom is -0.259 e. The average molecular weight is 245 g/mol. The molecule has 0 saturated carbocycles. The van der Waals surface area contributed by atoms with Crippen LogP contribution in [0, 0.1) is 10.1 Å². The third-order valence-electron chi connectivity index (χ3n) is 2.22. The fourth-order valence-electron chi connectivity index (χ4n) is 1.26. The van der Waals surface area contributed by atoms with E-state index in [9.17, 15) is 10.1 Å². The van der Waals surface area contributed by atoms with Crippen LogP contribution in [0.3, 0.4) is 0 Å². The van der Waals surface area contributed by atoms with Crippen molar-refractivity contribution in [3.8, 4) is 0 Å². The van der Waals surface area contributed by atoms with Crippen molar-refractivity contribution in [1.29, 1.82) is 0 Å². The molecule has 0 unspecified atom stereocenters. The molecular formula is C13H15N3O2.